The van der Waals surface area contributed by atoms with Gasteiger partial charge in [-0.05, 0) is 25.2 Å². The van der Waals surface area contributed by atoms with Crippen molar-refractivity contribution >= 4 is 11.9 Å². The maximum Gasteiger partial charge on any atom is 0.306 e. The van der Waals surface area contributed by atoms with Crippen LogP contribution in [0.25, 0.3) is 11.3 Å². The molecule has 1 fully saturated rings. The van der Waals surface area contributed by atoms with E-state index in [0.29, 0.717) is 29.9 Å². The van der Waals surface area contributed by atoms with Gasteiger partial charge in [0.05, 0.1) is 12.6 Å². The number of esters is 1. The van der Waals surface area contributed by atoms with E-state index in [0.717, 1.165) is 25.1 Å². The number of hydrogen-bond donors (Lipinski definition) is 0. The van der Waals surface area contributed by atoms with Gasteiger partial charge in [-0.1, -0.05) is 43.7 Å². The molecule has 6 nitrogen and oxygen atoms in total. The Morgan fingerprint density at radius 3 is 2.54 bits per heavy atom. The number of carbonyl (C=O) groups excluding carboxylic acids is 2. The van der Waals surface area contributed by atoms with E-state index in [-0.39, 0.29) is 18.9 Å². The van der Waals surface area contributed by atoms with Crippen molar-refractivity contribution < 1.29 is 18.7 Å². The summed E-state index contributed by atoms with van der Waals surface area (Å²) in [6.45, 7) is 7.58. The maximum absolute atomic E-state index is 12.3. The lowest BCUT2D eigenvalue weighted by Gasteiger charge is -2.34. The van der Waals surface area contributed by atoms with Crippen molar-refractivity contribution in [2.24, 2.45) is 11.8 Å². The van der Waals surface area contributed by atoms with Crippen LogP contribution in [0.2, 0.25) is 0 Å². The lowest BCUT2D eigenvalue weighted by atomic mass is 9.92. The zero-order valence-electron chi connectivity index (χ0n) is 16.8. The predicted molar refractivity (Wildman–Crippen MR) is 105 cm³/mol. The summed E-state index contributed by atoms with van der Waals surface area (Å²) in [5.74, 6) is 1.59. The van der Waals surface area contributed by atoms with Gasteiger partial charge in [-0.15, -0.1) is 0 Å². The van der Waals surface area contributed by atoms with Crippen LogP contribution in [-0.2, 0) is 20.7 Å². The van der Waals surface area contributed by atoms with Crippen LogP contribution in [0.4, 0.5) is 0 Å². The summed E-state index contributed by atoms with van der Waals surface area (Å²) in [6, 6.07) is 7.97. The van der Waals surface area contributed by atoms with Crippen molar-refractivity contribution in [3.63, 3.8) is 0 Å². The Balaban J connectivity index is 1.43. The topological polar surface area (TPSA) is 72.6 Å². The van der Waals surface area contributed by atoms with Crippen molar-refractivity contribution in [2.75, 3.05) is 19.7 Å². The molecule has 1 aromatic carbocycles. The number of rotatable bonds is 6. The van der Waals surface area contributed by atoms with Crippen molar-refractivity contribution in [1.29, 1.82) is 0 Å². The maximum atomic E-state index is 12.3. The fourth-order valence-electron chi connectivity index (χ4n) is 3.66. The molecular formula is C22H28N2O4. The molecule has 0 unspecified atom stereocenters. The number of benzene rings is 1. The van der Waals surface area contributed by atoms with Gasteiger partial charge in [-0.3, -0.25) is 9.59 Å². The van der Waals surface area contributed by atoms with E-state index in [1.165, 1.54) is 5.56 Å². The van der Waals surface area contributed by atoms with Gasteiger partial charge in [0.1, 0.15) is 0 Å². The summed E-state index contributed by atoms with van der Waals surface area (Å²) >= 11 is 0. The molecule has 2 heterocycles. The van der Waals surface area contributed by atoms with E-state index >= 15 is 0 Å². The molecule has 0 bridgehead atoms. The highest BCUT2D eigenvalue weighted by Crippen LogP contribution is 2.22. The molecule has 0 saturated carbocycles. The van der Waals surface area contributed by atoms with E-state index < -0.39 is 5.97 Å². The molecular weight excluding hydrogens is 356 g/mol. The van der Waals surface area contributed by atoms with E-state index in [1.54, 1.807) is 11.1 Å². The highest BCUT2D eigenvalue weighted by molar-refractivity contribution is 5.80. The molecule has 2 aromatic rings. The quantitative estimate of drug-likeness (QED) is 0.711. The monoisotopic (exact) mass is 384 g/mol. The molecule has 1 aromatic heterocycles. The normalized spacial score (nSPS) is 19.5. The molecule has 0 N–H and O–H groups in total. The fourth-order valence-corrected chi connectivity index (χ4v) is 3.66. The van der Waals surface area contributed by atoms with Crippen LogP contribution in [0, 0.1) is 18.8 Å². The number of nitrogens with zero attached hydrogens (tertiary/aromatic N) is 2. The number of aromatic nitrogens is 1. The second-order valence-corrected chi connectivity index (χ2v) is 7.89. The summed E-state index contributed by atoms with van der Waals surface area (Å²) in [6.07, 6.45) is 3.27. The zero-order chi connectivity index (χ0) is 20.1. The van der Waals surface area contributed by atoms with Gasteiger partial charge in [-0.25, -0.2) is 4.98 Å². The number of oxazole rings is 1. The molecule has 1 amide bonds. The molecule has 6 heteroatoms. The van der Waals surface area contributed by atoms with Gasteiger partial charge in [-0.2, -0.15) is 0 Å². The molecule has 1 aliphatic rings. The number of piperidine rings is 1. The Bertz CT molecular complexity index is 802. The van der Waals surface area contributed by atoms with Gasteiger partial charge in [0.25, 0.3) is 5.91 Å². The average Bonchev–Trinajstić information content (AvgIpc) is 3.13. The molecule has 150 valence electrons. The molecule has 3 rings (SSSR count). The Kier molecular flexibility index (Phi) is 6.49. The summed E-state index contributed by atoms with van der Waals surface area (Å²) in [7, 11) is 0. The van der Waals surface area contributed by atoms with E-state index in [4.69, 9.17) is 9.15 Å². The van der Waals surface area contributed by atoms with Crippen LogP contribution < -0.4 is 0 Å². The van der Waals surface area contributed by atoms with E-state index in [2.05, 4.69) is 18.8 Å². The number of aryl methyl sites for hydroxylation is 2. The summed E-state index contributed by atoms with van der Waals surface area (Å²) in [4.78, 5) is 30.3. The molecule has 2 atom stereocenters. The van der Waals surface area contributed by atoms with E-state index in [1.807, 2.05) is 31.2 Å². The average molecular weight is 384 g/mol. The SMILES string of the molecule is Cc1ccc(-c2cnc(CCC(=O)OCC(=O)N3C[C@@H](C)C[C@H](C)C3)o2)cc1. The number of ether oxygens (including phenoxy) is 1. The Labute approximate surface area is 165 Å². The summed E-state index contributed by atoms with van der Waals surface area (Å²) in [5, 5.41) is 0. The van der Waals surface area contributed by atoms with Crippen LogP contribution in [-0.4, -0.2) is 41.5 Å². The van der Waals surface area contributed by atoms with Crippen LogP contribution in [0.3, 0.4) is 0 Å². The third-order valence-corrected chi connectivity index (χ3v) is 5.01. The predicted octanol–water partition coefficient (Wildman–Crippen LogP) is 3.63. The fraction of sp³-hybridized carbons (Fsp3) is 0.500. The molecule has 1 aliphatic heterocycles. The first-order valence-corrected chi connectivity index (χ1v) is 9.86. The first kappa shape index (κ1) is 20.1. The molecule has 28 heavy (non-hydrogen) atoms. The second kappa shape index (κ2) is 9.04. The lowest BCUT2D eigenvalue weighted by molar-refractivity contribution is -0.153. The molecule has 0 aliphatic carbocycles. The van der Waals surface area contributed by atoms with Crippen LogP contribution in [0.1, 0.15) is 38.1 Å². The number of carbonyl (C=O) groups is 2. The summed E-state index contributed by atoms with van der Waals surface area (Å²) < 4.78 is 10.9. The van der Waals surface area contributed by atoms with Crippen molar-refractivity contribution in [1.82, 2.24) is 9.88 Å². The van der Waals surface area contributed by atoms with E-state index in [9.17, 15) is 9.59 Å². The first-order valence-electron chi connectivity index (χ1n) is 9.86. The van der Waals surface area contributed by atoms with Gasteiger partial charge in [0.2, 0.25) is 0 Å². The van der Waals surface area contributed by atoms with Crippen LogP contribution >= 0.6 is 0 Å². The van der Waals surface area contributed by atoms with Crippen LogP contribution in [0.5, 0.6) is 0 Å². The Morgan fingerprint density at radius 2 is 1.86 bits per heavy atom. The third-order valence-electron chi connectivity index (χ3n) is 5.01. The van der Waals surface area contributed by atoms with Gasteiger partial charge < -0.3 is 14.1 Å². The van der Waals surface area contributed by atoms with Gasteiger partial charge >= 0.3 is 5.97 Å². The largest absolute Gasteiger partial charge is 0.456 e. The molecule has 1 saturated heterocycles. The Morgan fingerprint density at radius 1 is 1.18 bits per heavy atom. The highest BCUT2D eigenvalue weighted by atomic mass is 16.5. The number of hydrogen-bond acceptors (Lipinski definition) is 5. The number of amides is 1. The second-order valence-electron chi connectivity index (χ2n) is 7.89. The highest BCUT2D eigenvalue weighted by Gasteiger charge is 2.25. The molecule has 0 radical (unpaired) electrons. The standard InChI is InChI=1S/C22H28N2O4/c1-15-4-6-18(7-5-15)19-11-23-20(28-19)8-9-22(26)27-14-21(25)24-12-16(2)10-17(3)13-24/h4-7,11,16-17H,8-10,12-14H2,1-3H3/t16-,17-/m0/s1. The first-order chi connectivity index (χ1) is 13.4. The Hall–Kier alpha value is -2.63. The smallest absolute Gasteiger partial charge is 0.306 e. The minimum Gasteiger partial charge on any atom is -0.456 e. The zero-order valence-corrected chi connectivity index (χ0v) is 16.8. The third kappa shape index (κ3) is 5.44. The van der Waals surface area contributed by atoms with Gasteiger partial charge in [0.15, 0.2) is 18.3 Å². The van der Waals surface area contributed by atoms with Gasteiger partial charge in [0, 0.05) is 25.1 Å². The lowest BCUT2D eigenvalue weighted by Crippen LogP contribution is -2.44. The summed E-state index contributed by atoms with van der Waals surface area (Å²) in [5.41, 5.74) is 2.12. The number of likely N-dealkylation sites (tertiary alicyclic amines) is 1. The van der Waals surface area contributed by atoms with Crippen molar-refractivity contribution in [3.05, 3.63) is 41.9 Å². The van der Waals surface area contributed by atoms with Crippen molar-refractivity contribution in [2.45, 2.75) is 40.0 Å². The minimum atomic E-state index is -0.415. The van der Waals surface area contributed by atoms with Crippen LogP contribution in [0.15, 0.2) is 34.9 Å². The van der Waals surface area contributed by atoms with Crippen molar-refractivity contribution in [3.8, 4) is 11.3 Å². The molecule has 0 spiro atoms. The minimum absolute atomic E-state index is 0.121.